The average Bonchev–Trinajstić information content (AvgIpc) is 3.12. The van der Waals surface area contributed by atoms with Crippen LogP contribution < -0.4 is 10.9 Å². The highest BCUT2D eigenvalue weighted by Crippen LogP contribution is 2.19. The molecular weight excluding hydrogens is 414 g/mol. The molecule has 8 heteroatoms. The third-order valence-electron chi connectivity index (χ3n) is 5.12. The fourth-order valence-corrected chi connectivity index (χ4v) is 3.66. The van der Waals surface area contributed by atoms with Gasteiger partial charge in [-0.25, -0.2) is 9.36 Å². The molecule has 0 radical (unpaired) electrons. The maximum atomic E-state index is 13.1. The predicted molar refractivity (Wildman–Crippen MR) is 121 cm³/mol. The number of rotatable bonds is 6. The zero-order valence-corrected chi connectivity index (χ0v) is 18.1. The van der Waals surface area contributed by atoms with E-state index < -0.39 is 0 Å². The van der Waals surface area contributed by atoms with Gasteiger partial charge in [0.15, 0.2) is 0 Å². The average molecular weight is 436 g/mol. The number of nitrogens with zero attached hydrogens (tertiary/aromatic N) is 4. The molecule has 2 aromatic carbocycles. The monoisotopic (exact) mass is 435 g/mol. The Bertz CT molecular complexity index is 1290. The fourth-order valence-electron chi connectivity index (χ4n) is 3.53. The second-order valence-corrected chi connectivity index (χ2v) is 7.77. The molecule has 0 aliphatic carbocycles. The maximum absolute atomic E-state index is 13.1. The van der Waals surface area contributed by atoms with Crippen LogP contribution in [0.1, 0.15) is 17.0 Å². The minimum absolute atomic E-state index is 0.147. The van der Waals surface area contributed by atoms with Crippen molar-refractivity contribution in [3.8, 4) is 5.69 Å². The van der Waals surface area contributed by atoms with Gasteiger partial charge in [0, 0.05) is 11.6 Å². The van der Waals surface area contributed by atoms with E-state index in [1.54, 1.807) is 11.6 Å². The van der Waals surface area contributed by atoms with E-state index in [9.17, 15) is 9.59 Å². The smallest absolute Gasteiger partial charge is 0.278 e. The van der Waals surface area contributed by atoms with Crippen molar-refractivity contribution in [2.45, 2.75) is 26.8 Å². The van der Waals surface area contributed by atoms with Gasteiger partial charge in [-0.15, -0.1) is 0 Å². The molecular formula is C23H22ClN5O2. The predicted octanol–water partition coefficient (Wildman–Crippen LogP) is 3.21. The summed E-state index contributed by atoms with van der Waals surface area (Å²) in [5.41, 5.74) is 3.47. The van der Waals surface area contributed by atoms with Crippen LogP contribution in [0.4, 0.5) is 0 Å². The van der Waals surface area contributed by atoms with E-state index in [-0.39, 0.29) is 18.0 Å². The van der Waals surface area contributed by atoms with Gasteiger partial charge in [-0.1, -0.05) is 41.9 Å². The Balaban J connectivity index is 1.53. The first kappa shape index (κ1) is 20.8. The first-order valence-electron chi connectivity index (χ1n) is 9.97. The summed E-state index contributed by atoms with van der Waals surface area (Å²) in [6.07, 6.45) is 0.673. The van der Waals surface area contributed by atoms with Gasteiger partial charge in [-0.05, 0) is 50.1 Å². The largest absolute Gasteiger partial charge is 0.354 e. The van der Waals surface area contributed by atoms with Gasteiger partial charge < -0.3 is 5.32 Å². The van der Waals surface area contributed by atoms with Crippen LogP contribution in [0.3, 0.4) is 0 Å². The topological polar surface area (TPSA) is 81.8 Å². The number of halogens is 1. The van der Waals surface area contributed by atoms with Crippen LogP contribution in [0.2, 0.25) is 5.02 Å². The SMILES string of the molecule is Cc1nn(CC(=O)NCCc2ccc(Cl)cc2)c(=O)c2c(C)n(-c3ccccc3)nc12. The minimum Gasteiger partial charge on any atom is -0.354 e. The van der Waals surface area contributed by atoms with E-state index in [2.05, 4.69) is 15.5 Å². The highest BCUT2D eigenvalue weighted by atomic mass is 35.5. The van der Waals surface area contributed by atoms with E-state index in [0.29, 0.717) is 40.3 Å². The van der Waals surface area contributed by atoms with Gasteiger partial charge >= 0.3 is 0 Å². The third kappa shape index (κ3) is 4.36. The Morgan fingerprint density at radius 3 is 2.45 bits per heavy atom. The molecule has 4 rings (SSSR count). The van der Waals surface area contributed by atoms with Gasteiger partial charge in [-0.3, -0.25) is 9.59 Å². The Labute approximate surface area is 184 Å². The molecule has 0 bridgehead atoms. The number of amides is 1. The van der Waals surface area contributed by atoms with Crippen molar-refractivity contribution < 1.29 is 4.79 Å². The van der Waals surface area contributed by atoms with E-state index in [1.807, 2.05) is 61.5 Å². The van der Waals surface area contributed by atoms with Crippen LogP contribution in [-0.4, -0.2) is 32.0 Å². The zero-order chi connectivity index (χ0) is 22.0. The number of fused-ring (bicyclic) bond motifs is 1. The van der Waals surface area contributed by atoms with E-state index in [4.69, 9.17) is 11.6 Å². The Morgan fingerprint density at radius 1 is 1.03 bits per heavy atom. The molecule has 158 valence electrons. The molecule has 31 heavy (non-hydrogen) atoms. The minimum atomic E-state index is -0.326. The third-order valence-corrected chi connectivity index (χ3v) is 5.37. The zero-order valence-electron chi connectivity index (χ0n) is 17.3. The first-order valence-corrected chi connectivity index (χ1v) is 10.4. The van der Waals surface area contributed by atoms with Crippen LogP contribution in [0.5, 0.6) is 0 Å². The number of para-hydroxylation sites is 1. The molecule has 0 atom stereocenters. The number of aromatic nitrogens is 4. The Morgan fingerprint density at radius 2 is 1.74 bits per heavy atom. The molecule has 0 aliphatic heterocycles. The lowest BCUT2D eigenvalue weighted by atomic mass is 10.1. The molecule has 2 heterocycles. The van der Waals surface area contributed by atoms with Gasteiger partial charge in [0.1, 0.15) is 12.1 Å². The summed E-state index contributed by atoms with van der Waals surface area (Å²) >= 11 is 5.89. The lowest BCUT2D eigenvalue weighted by Crippen LogP contribution is -2.35. The number of hydrogen-bond donors (Lipinski definition) is 1. The molecule has 0 fully saturated rings. The van der Waals surface area contributed by atoms with Crippen LogP contribution in [0.15, 0.2) is 59.4 Å². The summed E-state index contributed by atoms with van der Waals surface area (Å²) in [6.45, 7) is 3.95. The van der Waals surface area contributed by atoms with Crippen molar-refractivity contribution in [1.82, 2.24) is 24.9 Å². The number of carbonyl (C=O) groups excluding carboxylic acids is 1. The molecule has 2 aromatic heterocycles. The molecule has 0 spiro atoms. The maximum Gasteiger partial charge on any atom is 0.278 e. The summed E-state index contributed by atoms with van der Waals surface area (Å²) < 4.78 is 2.94. The summed E-state index contributed by atoms with van der Waals surface area (Å²) in [6, 6.07) is 17.1. The lowest BCUT2D eigenvalue weighted by molar-refractivity contribution is -0.121. The van der Waals surface area contributed by atoms with E-state index in [1.165, 1.54) is 4.68 Å². The molecule has 4 aromatic rings. The van der Waals surface area contributed by atoms with Crippen LogP contribution in [0.25, 0.3) is 16.6 Å². The summed E-state index contributed by atoms with van der Waals surface area (Å²) in [4.78, 5) is 25.5. The standard InChI is InChI=1S/C23H22ClN5O2/c1-15-22-21(16(2)29(27-22)19-6-4-3-5-7-19)23(31)28(26-15)14-20(30)25-13-12-17-8-10-18(24)11-9-17/h3-11H,12-14H2,1-2H3,(H,25,30). The first-order chi connectivity index (χ1) is 14.9. The van der Waals surface area contributed by atoms with Gasteiger partial charge in [0.2, 0.25) is 5.91 Å². The van der Waals surface area contributed by atoms with E-state index >= 15 is 0 Å². The van der Waals surface area contributed by atoms with Crippen molar-refractivity contribution in [1.29, 1.82) is 0 Å². The normalized spacial score (nSPS) is 11.1. The van der Waals surface area contributed by atoms with Crippen LogP contribution in [0, 0.1) is 13.8 Å². The van der Waals surface area contributed by atoms with Crippen molar-refractivity contribution in [3.05, 3.63) is 86.9 Å². The molecule has 0 aliphatic rings. The van der Waals surface area contributed by atoms with Crippen molar-refractivity contribution in [3.63, 3.8) is 0 Å². The lowest BCUT2D eigenvalue weighted by Gasteiger charge is -2.08. The van der Waals surface area contributed by atoms with E-state index in [0.717, 1.165) is 11.3 Å². The Hall–Kier alpha value is -3.45. The van der Waals surface area contributed by atoms with Gasteiger partial charge in [-0.2, -0.15) is 10.2 Å². The van der Waals surface area contributed by atoms with Gasteiger partial charge in [0.25, 0.3) is 5.56 Å². The number of carbonyl (C=O) groups is 1. The molecule has 0 saturated heterocycles. The molecule has 7 nitrogen and oxygen atoms in total. The quantitative estimate of drug-likeness (QED) is 0.504. The van der Waals surface area contributed by atoms with Crippen molar-refractivity contribution in [2.24, 2.45) is 0 Å². The molecule has 0 saturated carbocycles. The number of benzene rings is 2. The fraction of sp³-hybridized carbons (Fsp3) is 0.217. The van der Waals surface area contributed by atoms with Crippen molar-refractivity contribution in [2.75, 3.05) is 6.54 Å². The highest BCUT2D eigenvalue weighted by Gasteiger charge is 2.18. The van der Waals surface area contributed by atoms with Crippen LogP contribution in [-0.2, 0) is 17.8 Å². The molecule has 1 amide bonds. The highest BCUT2D eigenvalue weighted by molar-refractivity contribution is 6.30. The van der Waals surface area contributed by atoms with Crippen molar-refractivity contribution >= 4 is 28.4 Å². The number of nitrogens with one attached hydrogen (secondary N) is 1. The summed E-state index contributed by atoms with van der Waals surface area (Å²) in [5, 5.41) is 12.9. The second kappa shape index (κ2) is 8.73. The summed E-state index contributed by atoms with van der Waals surface area (Å²) in [7, 11) is 0. The Kier molecular flexibility index (Phi) is 5.86. The molecule has 1 N–H and O–H groups in total. The molecule has 0 unspecified atom stereocenters. The summed E-state index contributed by atoms with van der Waals surface area (Å²) in [5.74, 6) is -0.268. The van der Waals surface area contributed by atoms with Gasteiger partial charge in [0.05, 0.1) is 22.5 Å². The number of hydrogen-bond acceptors (Lipinski definition) is 4. The van der Waals surface area contributed by atoms with Crippen LogP contribution >= 0.6 is 11.6 Å². The second-order valence-electron chi connectivity index (χ2n) is 7.33. The number of aryl methyl sites for hydroxylation is 2.